The summed E-state index contributed by atoms with van der Waals surface area (Å²) in [5, 5.41) is 3.58. The lowest BCUT2D eigenvalue weighted by molar-refractivity contribution is 0.735. The lowest BCUT2D eigenvalue weighted by Gasteiger charge is -2.15. The van der Waals surface area contributed by atoms with Crippen LogP contribution in [-0.4, -0.2) is 22.5 Å². The average Bonchev–Trinajstić information content (AvgIpc) is 3.11. The summed E-state index contributed by atoms with van der Waals surface area (Å²) in [5.41, 5.74) is 6.20. The molecule has 2 aliphatic heterocycles. The SMILES string of the molecule is C=CC1=Nc2ccn(CC3=NC=CC3=C)c2C(NCCCC)=CC1. The summed E-state index contributed by atoms with van der Waals surface area (Å²) < 4.78 is 2.20. The van der Waals surface area contributed by atoms with E-state index in [9.17, 15) is 0 Å². The van der Waals surface area contributed by atoms with Crippen LogP contribution in [0.3, 0.4) is 0 Å². The number of fused-ring (bicyclic) bond motifs is 1. The van der Waals surface area contributed by atoms with Gasteiger partial charge in [-0.05, 0) is 30.2 Å². The number of aromatic nitrogens is 1. The van der Waals surface area contributed by atoms with Crippen LogP contribution in [0, 0.1) is 0 Å². The van der Waals surface area contributed by atoms with E-state index >= 15 is 0 Å². The standard InChI is InChI=1S/C20H24N4/c1-4-6-11-21-17-8-7-16(5-2)23-18-10-13-24(20(17)18)14-19-15(3)9-12-22-19/h5,8-10,12-13,21H,2-4,6-7,11,14H2,1H3. The Labute approximate surface area is 143 Å². The van der Waals surface area contributed by atoms with E-state index in [0.29, 0.717) is 6.54 Å². The summed E-state index contributed by atoms with van der Waals surface area (Å²) in [6.45, 7) is 11.8. The van der Waals surface area contributed by atoms with Gasteiger partial charge in [0, 0.05) is 31.1 Å². The van der Waals surface area contributed by atoms with E-state index in [2.05, 4.69) is 53.3 Å². The Morgan fingerprint density at radius 1 is 1.42 bits per heavy atom. The number of nitrogens with zero attached hydrogens (tertiary/aromatic N) is 3. The summed E-state index contributed by atoms with van der Waals surface area (Å²) in [5.74, 6) is 0. The van der Waals surface area contributed by atoms with Gasteiger partial charge in [-0.1, -0.05) is 32.6 Å². The van der Waals surface area contributed by atoms with Crippen molar-refractivity contribution in [2.24, 2.45) is 9.98 Å². The first-order valence-electron chi connectivity index (χ1n) is 8.49. The van der Waals surface area contributed by atoms with Crippen LogP contribution in [0.1, 0.15) is 31.9 Å². The topological polar surface area (TPSA) is 41.7 Å². The maximum atomic E-state index is 4.76. The molecule has 1 aromatic rings. The van der Waals surface area contributed by atoms with Gasteiger partial charge in [-0.3, -0.25) is 9.98 Å². The summed E-state index contributed by atoms with van der Waals surface area (Å²) in [6.07, 6.45) is 13.0. The molecule has 3 rings (SSSR count). The maximum Gasteiger partial charge on any atom is 0.0905 e. The van der Waals surface area contributed by atoms with Crippen LogP contribution in [0.15, 0.2) is 65.4 Å². The molecule has 0 aliphatic carbocycles. The Morgan fingerprint density at radius 2 is 2.29 bits per heavy atom. The Kier molecular flexibility index (Phi) is 4.94. The van der Waals surface area contributed by atoms with Crippen molar-refractivity contribution in [1.29, 1.82) is 0 Å². The molecule has 4 nitrogen and oxygen atoms in total. The molecule has 0 saturated carbocycles. The third-order valence-electron chi connectivity index (χ3n) is 4.25. The fourth-order valence-corrected chi connectivity index (χ4v) is 2.86. The van der Waals surface area contributed by atoms with Crippen LogP contribution < -0.4 is 5.32 Å². The van der Waals surface area contributed by atoms with Gasteiger partial charge in [-0.25, -0.2) is 0 Å². The molecule has 1 N–H and O–H groups in total. The van der Waals surface area contributed by atoms with Gasteiger partial charge in [0.05, 0.1) is 29.3 Å². The van der Waals surface area contributed by atoms with E-state index < -0.39 is 0 Å². The molecule has 0 atom stereocenters. The first-order valence-corrected chi connectivity index (χ1v) is 8.49. The quantitative estimate of drug-likeness (QED) is 0.743. The van der Waals surface area contributed by atoms with Gasteiger partial charge in [-0.2, -0.15) is 0 Å². The summed E-state index contributed by atoms with van der Waals surface area (Å²) >= 11 is 0. The lowest BCUT2D eigenvalue weighted by atomic mass is 10.2. The molecule has 124 valence electrons. The van der Waals surface area contributed by atoms with Gasteiger partial charge in [0.1, 0.15) is 0 Å². The number of hydrogen-bond donors (Lipinski definition) is 1. The molecule has 0 fully saturated rings. The summed E-state index contributed by atoms with van der Waals surface area (Å²) in [7, 11) is 0. The molecule has 3 heterocycles. The van der Waals surface area contributed by atoms with Crippen LogP contribution in [0.25, 0.3) is 5.70 Å². The fourth-order valence-electron chi connectivity index (χ4n) is 2.86. The van der Waals surface area contributed by atoms with E-state index in [-0.39, 0.29) is 0 Å². The number of aliphatic imine (C=N–C) groups is 2. The molecule has 24 heavy (non-hydrogen) atoms. The third kappa shape index (κ3) is 3.32. The van der Waals surface area contributed by atoms with Crippen LogP contribution >= 0.6 is 0 Å². The predicted octanol–water partition coefficient (Wildman–Crippen LogP) is 4.41. The number of allylic oxidation sites excluding steroid dienone is 4. The zero-order valence-corrected chi connectivity index (χ0v) is 14.3. The highest BCUT2D eigenvalue weighted by Gasteiger charge is 2.18. The van der Waals surface area contributed by atoms with E-state index in [4.69, 9.17) is 4.99 Å². The molecule has 0 saturated heterocycles. The van der Waals surface area contributed by atoms with E-state index in [1.807, 2.05) is 18.4 Å². The van der Waals surface area contributed by atoms with Gasteiger partial charge in [-0.15, -0.1) is 0 Å². The van der Waals surface area contributed by atoms with Crippen molar-refractivity contribution >= 4 is 22.8 Å². The Bertz CT molecular complexity index is 772. The van der Waals surface area contributed by atoms with E-state index in [1.165, 1.54) is 6.42 Å². The normalized spacial score (nSPS) is 16.2. The molecule has 0 spiro atoms. The second-order valence-corrected chi connectivity index (χ2v) is 6.00. The minimum absolute atomic E-state index is 0.701. The lowest BCUT2D eigenvalue weighted by Crippen LogP contribution is -2.18. The second kappa shape index (κ2) is 7.30. The zero-order valence-electron chi connectivity index (χ0n) is 14.3. The van der Waals surface area contributed by atoms with Crippen molar-refractivity contribution in [3.63, 3.8) is 0 Å². The van der Waals surface area contributed by atoms with Crippen LogP contribution in [0.5, 0.6) is 0 Å². The van der Waals surface area contributed by atoms with Crippen LogP contribution in [0.4, 0.5) is 5.69 Å². The van der Waals surface area contributed by atoms with Gasteiger partial charge < -0.3 is 9.88 Å². The molecule has 0 unspecified atom stereocenters. The molecule has 0 aromatic carbocycles. The average molecular weight is 320 g/mol. The van der Waals surface area contributed by atoms with Crippen LogP contribution in [-0.2, 0) is 6.54 Å². The highest BCUT2D eigenvalue weighted by atomic mass is 15.1. The Hall–Kier alpha value is -2.62. The number of rotatable bonds is 7. The van der Waals surface area contributed by atoms with Gasteiger partial charge >= 0.3 is 0 Å². The minimum atomic E-state index is 0.701. The highest BCUT2D eigenvalue weighted by Crippen LogP contribution is 2.30. The highest BCUT2D eigenvalue weighted by molar-refractivity contribution is 6.04. The first-order chi connectivity index (χ1) is 11.7. The Balaban J connectivity index is 1.93. The smallest absolute Gasteiger partial charge is 0.0905 e. The van der Waals surface area contributed by atoms with Crippen molar-refractivity contribution in [2.45, 2.75) is 32.7 Å². The minimum Gasteiger partial charge on any atom is -0.384 e. The number of nitrogens with one attached hydrogen (secondary N) is 1. The van der Waals surface area contributed by atoms with Crippen molar-refractivity contribution in [3.05, 3.63) is 61.1 Å². The van der Waals surface area contributed by atoms with Crippen molar-refractivity contribution in [3.8, 4) is 0 Å². The van der Waals surface area contributed by atoms with Gasteiger partial charge in [0.2, 0.25) is 0 Å². The fraction of sp³-hybridized carbons (Fsp3) is 0.300. The molecule has 1 aromatic heterocycles. The summed E-state index contributed by atoms with van der Waals surface area (Å²) in [4.78, 5) is 9.18. The number of hydrogen-bond acceptors (Lipinski definition) is 3. The van der Waals surface area contributed by atoms with Gasteiger partial charge in [0.25, 0.3) is 0 Å². The molecular formula is C20H24N4. The zero-order chi connectivity index (χ0) is 16.9. The monoisotopic (exact) mass is 320 g/mol. The molecule has 0 amide bonds. The Morgan fingerprint density at radius 3 is 3.00 bits per heavy atom. The van der Waals surface area contributed by atoms with Crippen molar-refractivity contribution < 1.29 is 0 Å². The largest absolute Gasteiger partial charge is 0.384 e. The molecule has 2 aliphatic rings. The van der Waals surface area contributed by atoms with Crippen molar-refractivity contribution in [2.75, 3.05) is 6.54 Å². The molecule has 4 heteroatoms. The number of unbranched alkanes of at least 4 members (excludes halogenated alkanes) is 1. The van der Waals surface area contributed by atoms with Crippen molar-refractivity contribution in [1.82, 2.24) is 9.88 Å². The molecule has 0 bridgehead atoms. The van der Waals surface area contributed by atoms with E-state index in [1.54, 1.807) is 0 Å². The predicted molar refractivity (Wildman–Crippen MR) is 103 cm³/mol. The van der Waals surface area contributed by atoms with Gasteiger partial charge in [0.15, 0.2) is 0 Å². The molecular weight excluding hydrogens is 296 g/mol. The summed E-state index contributed by atoms with van der Waals surface area (Å²) in [6, 6.07) is 2.06. The maximum absolute atomic E-state index is 4.76. The van der Waals surface area contributed by atoms with Crippen LogP contribution in [0.2, 0.25) is 0 Å². The molecule has 0 radical (unpaired) electrons. The first kappa shape index (κ1) is 16.2. The second-order valence-electron chi connectivity index (χ2n) is 6.00. The van der Waals surface area contributed by atoms with E-state index in [0.717, 1.165) is 53.5 Å². The third-order valence-corrected chi connectivity index (χ3v) is 4.25.